The van der Waals surface area contributed by atoms with Gasteiger partial charge in [0.25, 0.3) is 0 Å². The lowest BCUT2D eigenvalue weighted by Crippen LogP contribution is -2.60. The summed E-state index contributed by atoms with van der Waals surface area (Å²) in [6, 6.07) is 7.55. The second-order valence-corrected chi connectivity index (χ2v) is 9.73. The molecule has 0 amide bonds. The molecule has 2 fully saturated rings. The van der Waals surface area contributed by atoms with E-state index < -0.39 is 91.9 Å². The normalized spacial score (nSPS) is 33.4. The number of aliphatic hydroxyl groups is 8. The summed E-state index contributed by atoms with van der Waals surface area (Å²) in [5, 5.41) is 99.0. The number of allylic oxidation sites excluding steroid dienone is 1. The Balaban J connectivity index is 1.39. The van der Waals surface area contributed by atoms with E-state index in [2.05, 4.69) is 0 Å². The molecule has 42 heavy (non-hydrogen) atoms. The van der Waals surface area contributed by atoms with Crippen LogP contribution in [0.5, 0.6) is 23.0 Å². The average Bonchev–Trinajstić information content (AvgIpc) is 2.97. The van der Waals surface area contributed by atoms with Gasteiger partial charge in [0.1, 0.15) is 60.3 Å². The van der Waals surface area contributed by atoms with Crippen molar-refractivity contribution in [1.82, 2.24) is 0 Å². The Morgan fingerprint density at radius 3 is 1.81 bits per heavy atom. The summed E-state index contributed by atoms with van der Waals surface area (Å²) >= 11 is 0. The first kappa shape index (κ1) is 31.6. The van der Waals surface area contributed by atoms with E-state index in [0.717, 1.165) is 12.1 Å². The van der Waals surface area contributed by atoms with E-state index in [-0.39, 0.29) is 17.1 Å². The van der Waals surface area contributed by atoms with Crippen LogP contribution in [0.2, 0.25) is 0 Å². The fourth-order valence-corrected chi connectivity index (χ4v) is 4.38. The minimum atomic E-state index is -1.68. The lowest BCUT2D eigenvalue weighted by molar-refractivity contribution is -0.277. The van der Waals surface area contributed by atoms with Gasteiger partial charge in [0.05, 0.1) is 18.8 Å². The molecule has 0 unspecified atom stereocenters. The molecule has 0 saturated carbocycles. The van der Waals surface area contributed by atoms with E-state index in [4.69, 9.17) is 18.9 Å². The average molecular weight is 597 g/mol. The summed E-state index contributed by atoms with van der Waals surface area (Å²) in [5.41, 5.74) is 0.211. The van der Waals surface area contributed by atoms with Crippen LogP contribution in [-0.4, -0.2) is 131 Å². The van der Waals surface area contributed by atoms with Crippen LogP contribution in [0, 0.1) is 0 Å². The van der Waals surface area contributed by atoms with Gasteiger partial charge in [0.2, 0.25) is 12.6 Å². The number of phenolic OH excluding ortho intramolecular Hbond substituents is 2. The highest BCUT2D eigenvalue weighted by atomic mass is 16.7. The second-order valence-electron chi connectivity index (χ2n) is 9.73. The number of phenols is 2. The molecule has 0 aliphatic carbocycles. The van der Waals surface area contributed by atoms with Crippen molar-refractivity contribution in [2.24, 2.45) is 0 Å². The SMILES string of the molecule is O=C(C=Cc1ccc(O[C@@H]2O[C@H](CO)[C@@H](O)[C@H](O)[C@H]2O)c(O)c1)c1ccc(O[C@@H]2O[C@H](CO)[C@@H](O)[C@H](O)[C@H]2O)cc1O. The van der Waals surface area contributed by atoms with Crippen LogP contribution in [0.15, 0.2) is 42.5 Å². The molecule has 0 spiro atoms. The Kier molecular flexibility index (Phi) is 10.0. The standard InChI is InChI=1S/C27H32O15/c28-9-18-20(33)22(35)24(37)26(41-18)39-12-3-4-13(15(31)8-12)14(30)5-1-11-2-6-17(16(32)7-11)40-27-25(38)23(36)21(34)19(10-29)42-27/h1-8,18-29,31-38H,9-10H2/t18-,19-,20-,21-,22+,23+,24-,25-,26-,27-/m1/s1. The van der Waals surface area contributed by atoms with Crippen molar-refractivity contribution in [2.45, 2.75) is 61.4 Å². The summed E-state index contributed by atoms with van der Waals surface area (Å²) in [6.07, 6.45) is -12.8. The number of ketones is 1. The molecule has 0 radical (unpaired) electrons. The van der Waals surface area contributed by atoms with Crippen LogP contribution >= 0.6 is 0 Å². The first-order valence-corrected chi connectivity index (χ1v) is 12.8. The van der Waals surface area contributed by atoms with Gasteiger partial charge in [-0.25, -0.2) is 0 Å². The molecule has 2 heterocycles. The maximum Gasteiger partial charge on any atom is 0.229 e. The van der Waals surface area contributed by atoms with E-state index in [9.17, 15) is 55.9 Å². The van der Waals surface area contributed by atoms with Gasteiger partial charge in [-0.2, -0.15) is 0 Å². The Morgan fingerprint density at radius 2 is 1.29 bits per heavy atom. The van der Waals surface area contributed by atoms with Crippen molar-refractivity contribution in [3.8, 4) is 23.0 Å². The molecule has 2 aromatic carbocycles. The number of aliphatic hydroxyl groups excluding tert-OH is 8. The van der Waals surface area contributed by atoms with E-state index in [1.807, 2.05) is 0 Å². The van der Waals surface area contributed by atoms with Crippen molar-refractivity contribution in [3.63, 3.8) is 0 Å². The molecule has 2 aliphatic heterocycles. The summed E-state index contributed by atoms with van der Waals surface area (Å²) in [4.78, 5) is 12.7. The third-order valence-electron chi connectivity index (χ3n) is 6.84. The lowest BCUT2D eigenvalue weighted by atomic mass is 9.99. The smallest absolute Gasteiger partial charge is 0.229 e. The van der Waals surface area contributed by atoms with E-state index in [1.165, 1.54) is 36.4 Å². The lowest BCUT2D eigenvalue weighted by Gasteiger charge is -2.39. The molecule has 10 atom stereocenters. The van der Waals surface area contributed by atoms with Crippen molar-refractivity contribution in [1.29, 1.82) is 0 Å². The zero-order valence-electron chi connectivity index (χ0n) is 21.8. The van der Waals surface area contributed by atoms with Crippen LogP contribution in [0.4, 0.5) is 0 Å². The second kappa shape index (κ2) is 13.3. The third kappa shape index (κ3) is 6.66. The van der Waals surface area contributed by atoms with Crippen molar-refractivity contribution in [2.75, 3.05) is 13.2 Å². The fourth-order valence-electron chi connectivity index (χ4n) is 4.38. The van der Waals surface area contributed by atoms with Gasteiger partial charge in [0, 0.05) is 6.07 Å². The fraction of sp³-hybridized carbons (Fsp3) is 0.444. The van der Waals surface area contributed by atoms with E-state index in [1.54, 1.807) is 0 Å². The number of ether oxygens (including phenoxy) is 4. The molecule has 15 nitrogen and oxygen atoms in total. The highest BCUT2D eigenvalue weighted by Crippen LogP contribution is 2.32. The van der Waals surface area contributed by atoms with Gasteiger partial charge < -0.3 is 70.0 Å². The first-order valence-electron chi connectivity index (χ1n) is 12.8. The van der Waals surface area contributed by atoms with Gasteiger partial charge in [-0.3, -0.25) is 4.79 Å². The minimum Gasteiger partial charge on any atom is -0.507 e. The number of carbonyl (C=O) groups excluding carboxylic acids is 1. The van der Waals surface area contributed by atoms with E-state index in [0.29, 0.717) is 5.56 Å². The number of hydrogen-bond acceptors (Lipinski definition) is 15. The quantitative estimate of drug-likeness (QED) is 0.105. The predicted octanol–water partition coefficient (Wildman–Crippen LogP) is -2.65. The van der Waals surface area contributed by atoms with Crippen LogP contribution in [0.25, 0.3) is 6.08 Å². The largest absolute Gasteiger partial charge is 0.507 e. The number of hydrogen-bond donors (Lipinski definition) is 10. The molecule has 10 N–H and O–H groups in total. The van der Waals surface area contributed by atoms with Crippen LogP contribution in [-0.2, 0) is 9.47 Å². The van der Waals surface area contributed by atoms with Crippen LogP contribution in [0.1, 0.15) is 15.9 Å². The predicted molar refractivity (Wildman–Crippen MR) is 138 cm³/mol. The number of aromatic hydroxyl groups is 2. The zero-order chi connectivity index (χ0) is 30.7. The van der Waals surface area contributed by atoms with Crippen molar-refractivity contribution >= 4 is 11.9 Å². The zero-order valence-corrected chi connectivity index (χ0v) is 21.8. The monoisotopic (exact) mass is 596 g/mol. The van der Waals surface area contributed by atoms with Gasteiger partial charge >= 0.3 is 0 Å². The summed E-state index contributed by atoms with van der Waals surface area (Å²) in [7, 11) is 0. The van der Waals surface area contributed by atoms with Crippen molar-refractivity contribution in [3.05, 3.63) is 53.6 Å². The summed E-state index contributed by atoms with van der Waals surface area (Å²) < 4.78 is 21.3. The molecule has 2 aromatic rings. The third-order valence-corrected chi connectivity index (χ3v) is 6.84. The molecular weight excluding hydrogens is 564 g/mol. The maximum absolute atomic E-state index is 12.7. The number of benzene rings is 2. The topological polar surface area (TPSA) is 256 Å². The highest BCUT2D eigenvalue weighted by Gasteiger charge is 2.46. The van der Waals surface area contributed by atoms with Crippen LogP contribution in [0.3, 0.4) is 0 Å². The molecule has 15 heteroatoms. The Hall–Kier alpha value is -3.35. The van der Waals surface area contributed by atoms with E-state index >= 15 is 0 Å². The molecule has 4 rings (SSSR count). The van der Waals surface area contributed by atoms with Gasteiger partial charge in [0.15, 0.2) is 17.3 Å². The number of carbonyl (C=O) groups is 1. The molecule has 230 valence electrons. The van der Waals surface area contributed by atoms with Crippen LogP contribution < -0.4 is 9.47 Å². The Bertz CT molecular complexity index is 1260. The molecule has 0 bridgehead atoms. The Morgan fingerprint density at radius 1 is 0.714 bits per heavy atom. The maximum atomic E-state index is 12.7. The molecule has 0 aromatic heterocycles. The molecule has 2 aliphatic rings. The minimum absolute atomic E-state index is 0.0442. The Labute approximate surface area is 238 Å². The summed E-state index contributed by atoms with van der Waals surface area (Å²) in [5.74, 6) is -1.74. The van der Waals surface area contributed by atoms with Crippen molar-refractivity contribution < 1.29 is 74.8 Å². The molecule has 2 saturated heterocycles. The van der Waals surface area contributed by atoms with Gasteiger partial charge in [-0.1, -0.05) is 12.1 Å². The molecular formula is C27H32O15. The first-order chi connectivity index (χ1) is 19.9. The van der Waals surface area contributed by atoms with Gasteiger partial charge in [-0.05, 0) is 35.9 Å². The van der Waals surface area contributed by atoms with Gasteiger partial charge in [-0.15, -0.1) is 0 Å². The highest BCUT2D eigenvalue weighted by molar-refractivity contribution is 6.08. The summed E-state index contributed by atoms with van der Waals surface area (Å²) in [6.45, 7) is -1.31. The number of rotatable bonds is 9.